The van der Waals surface area contributed by atoms with Gasteiger partial charge in [-0.05, 0) is 25.1 Å². The first-order chi connectivity index (χ1) is 14.9. The minimum atomic E-state index is -3.77. The zero-order chi connectivity index (χ0) is 22.0. The van der Waals surface area contributed by atoms with E-state index in [9.17, 15) is 17.2 Å². The van der Waals surface area contributed by atoms with Gasteiger partial charge in [0.15, 0.2) is 17.5 Å². The zero-order valence-electron chi connectivity index (χ0n) is 16.9. The molecule has 1 aliphatic heterocycles. The van der Waals surface area contributed by atoms with Gasteiger partial charge in [0, 0.05) is 56.2 Å². The number of rotatable bonds is 5. The Kier molecular flexibility index (Phi) is 6.03. The first kappa shape index (κ1) is 21.4. The monoisotopic (exact) mass is 445 g/mol. The molecule has 0 amide bonds. The largest absolute Gasteiger partial charge is 0.296 e. The van der Waals surface area contributed by atoms with Gasteiger partial charge in [0.05, 0.1) is 11.9 Å². The lowest BCUT2D eigenvalue weighted by molar-refractivity contribution is 0.179. The van der Waals surface area contributed by atoms with Crippen LogP contribution in [0.25, 0.3) is 11.4 Å². The third-order valence-electron chi connectivity index (χ3n) is 5.23. The highest BCUT2D eigenvalue weighted by Crippen LogP contribution is 2.23. The Labute approximate surface area is 179 Å². The first-order valence-electron chi connectivity index (χ1n) is 9.75. The number of aromatic nitrogens is 3. The van der Waals surface area contributed by atoms with Crippen LogP contribution in [0.2, 0.25) is 0 Å². The number of nitrogens with zero attached hydrogens (tertiary/aromatic N) is 5. The lowest BCUT2D eigenvalue weighted by atomic mass is 10.2. The van der Waals surface area contributed by atoms with E-state index in [2.05, 4.69) is 15.0 Å². The lowest BCUT2D eigenvalue weighted by Crippen LogP contribution is -2.48. The number of piperazine rings is 1. The number of hydrogen-bond acceptors (Lipinski definition) is 6. The number of aryl methyl sites for hydroxylation is 1. The van der Waals surface area contributed by atoms with Crippen molar-refractivity contribution in [2.45, 2.75) is 18.4 Å². The Hall–Kier alpha value is -2.82. The van der Waals surface area contributed by atoms with E-state index in [0.29, 0.717) is 30.2 Å². The van der Waals surface area contributed by atoms with Crippen molar-refractivity contribution in [3.63, 3.8) is 0 Å². The van der Waals surface area contributed by atoms with E-state index in [-0.39, 0.29) is 30.1 Å². The van der Waals surface area contributed by atoms with E-state index >= 15 is 0 Å². The summed E-state index contributed by atoms with van der Waals surface area (Å²) < 4.78 is 55.0. The predicted octanol–water partition coefficient (Wildman–Crippen LogP) is 2.63. The second-order valence-corrected chi connectivity index (χ2v) is 9.18. The van der Waals surface area contributed by atoms with Crippen molar-refractivity contribution in [2.75, 3.05) is 26.2 Å². The van der Waals surface area contributed by atoms with Gasteiger partial charge in [0.25, 0.3) is 0 Å². The summed E-state index contributed by atoms with van der Waals surface area (Å²) in [6.07, 6.45) is 4.58. The molecule has 1 aromatic carbocycles. The summed E-state index contributed by atoms with van der Waals surface area (Å²) in [5.41, 5.74) is 1.32. The summed E-state index contributed by atoms with van der Waals surface area (Å²) in [4.78, 5) is 14.6. The maximum Gasteiger partial charge on any atom is 0.246 e. The lowest BCUT2D eigenvalue weighted by Gasteiger charge is -2.34. The highest BCUT2D eigenvalue weighted by atomic mass is 32.2. The number of benzene rings is 1. The molecule has 0 saturated carbocycles. The van der Waals surface area contributed by atoms with E-state index in [0.717, 1.165) is 6.07 Å². The van der Waals surface area contributed by atoms with Gasteiger partial charge < -0.3 is 0 Å². The normalized spacial score (nSPS) is 15.8. The molecule has 162 valence electrons. The van der Waals surface area contributed by atoms with Crippen molar-refractivity contribution >= 4 is 10.0 Å². The standard InChI is InChI=1S/C21H21F2N5O2S/c1-15-19(13-25-21(26-15)16-5-3-7-24-12-16)31(29,30)28-10-8-27(9-11-28)14-17-4-2-6-18(22)20(17)23/h2-7,12-13H,8-11,14H2,1H3. The van der Waals surface area contributed by atoms with Gasteiger partial charge in [0.1, 0.15) is 4.90 Å². The van der Waals surface area contributed by atoms with Crippen LogP contribution in [0, 0.1) is 18.6 Å². The van der Waals surface area contributed by atoms with Crippen LogP contribution in [0.4, 0.5) is 8.78 Å². The van der Waals surface area contributed by atoms with Crippen molar-refractivity contribution in [1.29, 1.82) is 0 Å². The van der Waals surface area contributed by atoms with Crippen LogP contribution in [0.1, 0.15) is 11.3 Å². The van der Waals surface area contributed by atoms with Crippen molar-refractivity contribution in [3.05, 3.63) is 71.8 Å². The smallest absolute Gasteiger partial charge is 0.246 e. The predicted molar refractivity (Wildman–Crippen MR) is 110 cm³/mol. The second kappa shape index (κ2) is 8.74. The molecule has 0 unspecified atom stereocenters. The van der Waals surface area contributed by atoms with Crippen LogP contribution in [-0.2, 0) is 16.6 Å². The van der Waals surface area contributed by atoms with Crippen molar-refractivity contribution in [2.24, 2.45) is 0 Å². The van der Waals surface area contributed by atoms with E-state index in [1.165, 1.54) is 22.6 Å². The summed E-state index contributed by atoms with van der Waals surface area (Å²) in [5, 5.41) is 0. The molecule has 0 radical (unpaired) electrons. The Balaban J connectivity index is 1.46. The highest BCUT2D eigenvalue weighted by Gasteiger charge is 2.31. The van der Waals surface area contributed by atoms with E-state index in [1.54, 1.807) is 31.5 Å². The van der Waals surface area contributed by atoms with Crippen LogP contribution in [-0.4, -0.2) is 58.8 Å². The fourth-order valence-electron chi connectivity index (χ4n) is 3.52. The average Bonchev–Trinajstić information content (AvgIpc) is 2.78. The molecule has 4 rings (SSSR count). The molecule has 2 aromatic heterocycles. The van der Waals surface area contributed by atoms with Crippen LogP contribution in [0.3, 0.4) is 0 Å². The number of hydrogen-bond donors (Lipinski definition) is 0. The van der Waals surface area contributed by atoms with Crippen molar-refractivity contribution in [3.8, 4) is 11.4 Å². The van der Waals surface area contributed by atoms with Crippen LogP contribution >= 0.6 is 0 Å². The molecule has 3 aromatic rings. The van der Waals surface area contributed by atoms with Gasteiger partial charge in [-0.15, -0.1) is 0 Å². The molecule has 0 bridgehead atoms. The molecule has 0 spiro atoms. The third-order valence-corrected chi connectivity index (χ3v) is 7.23. The minimum absolute atomic E-state index is 0.0600. The molecule has 0 aliphatic carbocycles. The summed E-state index contributed by atoms with van der Waals surface area (Å²) in [6.45, 7) is 3.15. The summed E-state index contributed by atoms with van der Waals surface area (Å²) >= 11 is 0. The first-order valence-corrected chi connectivity index (χ1v) is 11.2. The van der Waals surface area contributed by atoms with Gasteiger partial charge >= 0.3 is 0 Å². The SMILES string of the molecule is Cc1nc(-c2cccnc2)ncc1S(=O)(=O)N1CCN(Cc2cccc(F)c2F)CC1. The molecule has 1 fully saturated rings. The van der Waals surface area contributed by atoms with Crippen LogP contribution in [0.5, 0.6) is 0 Å². The molecule has 31 heavy (non-hydrogen) atoms. The maximum atomic E-state index is 13.9. The fraction of sp³-hybridized carbons (Fsp3) is 0.286. The Morgan fingerprint density at radius 1 is 1.03 bits per heavy atom. The van der Waals surface area contributed by atoms with Crippen molar-refractivity contribution in [1.82, 2.24) is 24.2 Å². The van der Waals surface area contributed by atoms with E-state index < -0.39 is 21.7 Å². The van der Waals surface area contributed by atoms with Gasteiger partial charge in [-0.1, -0.05) is 12.1 Å². The number of halogens is 2. The van der Waals surface area contributed by atoms with E-state index in [4.69, 9.17) is 0 Å². The molecular weight excluding hydrogens is 424 g/mol. The molecule has 1 saturated heterocycles. The van der Waals surface area contributed by atoms with Gasteiger partial charge in [-0.25, -0.2) is 27.2 Å². The average molecular weight is 445 g/mol. The number of sulfonamides is 1. The zero-order valence-corrected chi connectivity index (χ0v) is 17.7. The quantitative estimate of drug-likeness (QED) is 0.601. The van der Waals surface area contributed by atoms with Crippen molar-refractivity contribution < 1.29 is 17.2 Å². The second-order valence-electron chi connectivity index (χ2n) is 7.28. The maximum absolute atomic E-state index is 13.9. The van der Waals surface area contributed by atoms with Gasteiger partial charge in [0.2, 0.25) is 10.0 Å². The molecule has 0 N–H and O–H groups in total. The molecule has 10 heteroatoms. The Bertz CT molecular complexity index is 1180. The Morgan fingerprint density at radius 3 is 2.48 bits per heavy atom. The van der Waals surface area contributed by atoms with Gasteiger partial charge in [-0.2, -0.15) is 4.31 Å². The Morgan fingerprint density at radius 2 is 1.81 bits per heavy atom. The minimum Gasteiger partial charge on any atom is -0.296 e. The van der Waals surface area contributed by atoms with Crippen LogP contribution in [0.15, 0.2) is 53.8 Å². The third kappa shape index (κ3) is 4.46. The summed E-state index contributed by atoms with van der Waals surface area (Å²) in [7, 11) is -3.77. The molecular formula is C21H21F2N5O2S. The molecule has 0 atom stereocenters. The molecule has 3 heterocycles. The summed E-state index contributed by atoms with van der Waals surface area (Å²) in [6, 6.07) is 7.64. The molecule has 7 nitrogen and oxygen atoms in total. The van der Waals surface area contributed by atoms with Gasteiger partial charge in [-0.3, -0.25) is 9.88 Å². The topological polar surface area (TPSA) is 79.3 Å². The number of pyridine rings is 1. The fourth-order valence-corrected chi connectivity index (χ4v) is 5.05. The van der Waals surface area contributed by atoms with Crippen LogP contribution < -0.4 is 0 Å². The highest BCUT2D eigenvalue weighted by molar-refractivity contribution is 7.89. The molecule has 1 aliphatic rings. The van der Waals surface area contributed by atoms with E-state index in [1.807, 2.05) is 4.90 Å². The summed E-state index contributed by atoms with van der Waals surface area (Å²) in [5.74, 6) is -1.34.